The number of carbonyl (C=O) groups is 1. The quantitative estimate of drug-likeness (QED) is 0.597. The minimum absolute atomic E-state index is 0.295. The maximum absolute atomic E-state index is 10.3. The number of hydrogen-bond donors (Lipinski definition) is 2. The van der Waals surface area contributed by atoms with E-state index in [1.54, 1.807) is 12.4 Å². The molecule has 1 heterocycles. The van der Waals surface area contributed by atoms with Crippen LogP contribution < -0.4 is 5.32 Å². The Morgan fingerprint density at radius 2 is 2.70 bits per heavy atom. The molecule has 1 rings (SSSR count). The van der Waals surface area contributed by atoms with E-state index in [0.717, 1.165) is 5.82 Å². The molecule has 0 unspecified atom stereocenters. The standard InChI is InChI=1S/C6H8N3O/c1-5(10)9-4-6-7-2-3-8-6/h2-3H,1,4H2,(H,7,8)(H,9,10). The molecule has 0 bridgehead atoms. The molecule has 0 saturated heterocycles. The van der Waals surface area contributed by atoms with E-state index < -0.39 is 0 Å². The number of aromatic amines is 1. The van der Waals surface area contributed by atoms with Crippen molar-refractivity contribution in [3.63, 3.8) is 0 Å². The maximum atomic E-state index is 10.3. The average molecular weight is 138 g/mol. The minimum Gasteiger partial charge on any atom is -0.349 e. The van der Waals surface area contributed by atoms with Crippen LogP contribution in [0.5, 0.6) is 0 Å². The monoisotopic (exact) mass is 138 g/mol. The van der Waals surface area contributed by atoms with Gasteiger partial charge in [0.05, 0.1) is 6.54 Å². The molecule has 2 N–H and O–H groups in total. The number of carbonyl (C=O) groups excluding carboxylic acids is 1. The molecule has 0 fully saturated rings. The molecule has 1 aromatic rings. The van der Waals surface area contributed by atoms with Gasteiger partial charge in [0, 0.05) is 19.3 Å². The molecule has 1 radical (unpaired) electrons. The lowest BCUT2D eigenvalue weighted by atomic mass is 10.6. The summed E-state index contributed by atoms with van der Waals surface area (Å²) in [5.41, 5.74) is 0. The lowest BCUT2D eigenvalue weighted by Gasteiger charge is -1.95. The van der Waals surface area contributed by atoms with Gasteiger partial charge in [-0.15, -0.1) is 0 Å². The molecule has 1 amide bonds. The van der Waals surface area contributed by atoms with E-state index in [1.165, 1.54) is 0 Å². The summed E-state index contributed by atoms with van der Waals surface area (Å²) in [4.78, 5) is 17.0. The molecule has 0 aliphatic heterocycles. The van der Waals surface area contributed by atoms with E-state index in [-0.39, 0.29) is 5.91 Å². The van der Waals surface area contributed by atoms with E-state index in [1.807, 2.05) is 0 Å². The van der Waals surface area contributed by atoms with Crippen molar-refractivity contribution in [3.8, 4) is 0 Å². The van der Waals surface area contributed by atoms with E-state index in [0.29, 0.717) is 6.54 Å². The molecule has 0 atom stereocenters. The van der Waals surface area contributed by atoms with Crippen LogP contribution in [0.3, 0.4) is 0 Å². The molecule has 4 heteroatoms. The van der Waals surface area contributed by atoms with Crippen LogP contribution in [0.15, 0.2) is 12.4 Å². The summed E-state index contributed by atoms with van der Waals surface area (Å²) in [6.07, 6.45) is 3.33. The SMILES string of the molecule is [CH2]C(=O)NCc1ncc[nH]1. The van der Waals surface area contributed by atoms with Crippen molar-refractivity contribution < 1.29 is 4.79 Å². The van der Waals surface area contributed by atoms with Crippen molar-refractivity contribution in [2.75, 3.05) is 0 Å². The lowest BCUT2D eigenvalue weighted by molar-refractivity contribution is -0.116. The van der Waals surface area contributed by atoms with Gasteiger partial charge in [0.15, 0.2) is 0 Å². The Bertz CT molecular complexity index is 205. The highest BCUT2D eigenvalue weighted by atomic mass is 16.1. The van der Waals surface area contributed by atoms with Gasteiger partial charge in [-0.2, -0.15) is 0 Å². The second kappa shape index (κ2) is 3.00. The molecular weight excluding hydrogens is 130 g/mol. The van der Waals surface area contributed by atoms with Crippen LogP contribution in [-0.2, 0) is 11.3 Å². The normalized spacial score (nSPS) is 9.30. The van der Waals surface area contributed by atoms with Gasteiger partial charge in [0.1, 0.15) is 5.82 Å². The number of nitrogens with zero attached hydrogens (tertiary/aromatic N) is 1. The number of imidazole rings is 1. The summed E-state index contributed by atoms with van der Waals surface area (Å²) in [6.45, 7) is 3.56. The summed E-state index contributed by atoms with van der Waals surface area (Å²) >= 11 is 0. The third kappa shape index (κ3) is 1.89. The zero-order valence-corrected chi connectivity index (χ0v) is 5.42. The van der Waals surface area contributed by atoms with Gasteiger partial charge in [0.2, 0.25) is 5.91 Å². The first-order valence-electron chi connectivity index (χ1n) is 2.87. The van der Waals surface area contributed by atoms with Crippen LogP contribution in [0.25, 0.3) is 0 Å². The number of nitrogens with one attached hydrogen (secondary N) is 2. The minimum atomic E-state index is -0.295. The number of aromatic nitrogens is 2. The zero-order chi connectivity index (χ0) is 7.40. The third-order valence-corrected chi connectivity index (χ3v) is 1.01. The molecule has 0 aromatic carbocycles. The van der Waals surface area contributed by atoms with Gasteiger partial charge < -0.3 is 10.3 Å². The molecule has 0 aliphatic carbocycles. The van der Waals surface area contributed by atoms with E-state index in [9.17, 15) is 4.79 Å². The highest BCUT2D eigenvalue weighted by Gasteiger charge is 1.93. The molecule has 53 valence electrons. The summed E-state index contributed by atoms with van der Waals surface area (Å²) < 4.78 is 0. The van der Waals surface area contributed by atoms with Crippen LogP contribution in [-0.4, -0.2) is 15.9 Å². The third-order valence-electron chi connectivity index (χ3n) is 1.01. The van der Waals surface area contributed by atoms with E-state index >= 15 is 0 Å². The van der Waals surface area contributed by atoms with Gasteiger partial charge in [-0.05, 0) is 0 Å². The molecule has 0 spiro atoms. The van der Waals surface area contributed by atoms with Crippen molar-refractivity contribution in [1.82, 2.24) is 15.3 Å². The Balaban J connectivity index is 2.35. The number of hydrogen-bond acceptors (Lipinski definition) is 2. The van der Waals surface area contributed by atoms with Crippen molar-refractivity contribution in [1.29, 1.82) is 0 Å². The van der Waals surface area contributed by atoms with Gasteiger partial charge in [-0.3, -0.25) is 4.79 Å². The van der Waals surface area contributed by atoms with Gasteiger partial charge in [-0.25, -0.2) is 4.98 Å². The molecule has 4 nitrogen and oxygen atoms in total. The van der Waals surface area contributed by atoms with Gasteiger partial charge in [-0.1, -0.05) is 0 Å². The first-order valence-corrected chi connectivity index (χ1v) is 2.87. The van der Waals surface area contributed by atoms with Crippen molar-refractivity contribution in [2.45, 2.75) is 6.54 Å². The lowest BCUT2D eigenvalue weighted by Crippen LogP contribution is -2.19. The predicted octanol–water partition coefficient (Wildman–Crippen LogP) is -0.140. The van der Waals surface area contributed by atoms with Crippen molar-refractivity contribution in [3.05, 3.63) is 25.1 Å². The van der Waals surface area contributed by atoms with Crippen molar-refractivity contribution in [2.24, 2.45) is 0 Å². The first kappa shape index (κ1) is 6.80. The fourth-order valence-electron chi connectivity index (χ4n) is 0.577. The highest BCUT2D eigenvalue weighted by Crippen LogP contribution is 1.85. The maximum Gasteiger partial charge on any atom is 0.220 e. The van der Waals surface area contributed by atoms with Crippen LogP contribution in [0, 0.1) is 6.92 Å². The van der Waals surface area contributed by atoms with Crippen LogP contribution >= 0.6 is 0 Å². The molecule has 1 aromatic heterocycles. The molecule has 0 aliphatic rings. The Morgan fingerprint density at radius 3 is 3.20 bits per heavy atom. The second-order valence-corrected chi connectivity index (χ2v) is 1.81. The summed E-state index contributed by atoms with van der Waals surface area (Å²) in [5.74, 6) is 0.438. The molecular formula is C6H8N3O. The Morgan fingerprint density at radius 1 is 1.90 bits per heavy atom. The summed E-state index contributed by atoms with van der Waals surface area (Å²) in [7, 11) is 0. The Hall–Kier alpha value is -1.32. The zero-order valence-electron chi connectivity index (χ0n) is 5.42. The van der Waals surface area contributed by atoms with Gasteiger partial charge in [0.25, 0.3) is 0 Å². The van der Waals surface area contributed by atoms with Crippen LogP contribution in [0.4, 0.5) is 0 Å². The Labute approximate surface area is 58.7 Å². The number of amides is 1. The predicted molar refractivity (Wildman–Crippen MR) is 35.8 cm³/mol. The first-order chi connectivity index (χ1) is 4.79. The van der Waals surface area contributed by atoms with E-state index in [4.69, 9.17) is 0 Å². The number of rotatable bonds is 2. The molecule has 10 heavy (non-hydrogen) atoms. The summed E-state index contributed by atoms with van der Waals surface area (Å²) in [6, 6.07) is 0. The average Bonchev–Trinajstić information content (AvgIpc) is 2.34. The van der Waals surface area contributed by atoms with Crippen LogP contribution in [0.1, 0.15) is 5.82 Å². The molecule has 0 saturated carbocycles. The van der Waals surface area contributed by atoms with Crippen LogP contribution in [0.2, 0.25) is 0 Å². The largest absolute Gasteiger partial charge is 0.349 e. The smallest absolute Gasteiger partial charge is 0.220 e. The summed E-state index contributed by atoms with van der Waals surface area (Å²) in [5, 5.41) is 2.50. The highest BCUT2D eigenvalue weighted by molar-refractivity contribution is 5.79. The van der Waals surface area contributed by atoms with Gasteiger partial charge >= 0.3 is 0 Å². The fourth-order valence-corrected chi connectivity index (χ4v) is 0.577. The number of H-pyrrole nitrogens is 1. The Kier molecular flexibility index (Phi) is 2.04. The second-order valence-electron chi connectivity index (χ2n) is 1.81. The van der Waals surface area contributed by atoms with E-state index in [2.05, 4.69) is 22.2 Å². The van der Waals surface area contributed by atoms with Crippen molar-refractivity contribution >= 4 is 5.91 Å². The fraction of sp³-hybridized carbons (Fsp3) is 0.167. The topological polar surface area (TPSA) is 57.8 Å².